The van der Waals surface area contributed by atoms with E-state index < -0.39 is 17.6 Å². The summed E-state index contributed by atoms with van der Waals surface area (Å²) < 4.78 is 13.2. The molecular formula is C11H12FN3O2S. The lowest BCUT2D eigenvalue weighted by atomic mass is 10.2. The van der Waals surface area contributed by atoms with Crippen LogP contribution in [0.1, 0.15) is 5.56 Å². The van der Waals surface area contributed by atoms with Crippen LogP contribution in [0.3, 0.4) is 0 Å². The zero-order chi connectivity index (χ0) is 13.7. The third-order valence-corrected chi connectivity index (χ3v) is 2.20. The van der Waals surface area contributed by atoms with Gasteiger partial charge >= 0.3 is 11.8 Å². The molecule has 0 aliphatic carbocycles. The first-order valence-electron chi connectivity index (χ1n) is 5.04. The molecule has 96 valence electrons. The molecule has 0 spiro atoms. The van der Waals surface area contributed by atoms with Crippen molar-refractivity contribution < 1.29 is 14.0 Å². The van der Waals surface area contributed by atoms with Gasteiger partial charge in [-0.1, -0.05) is 18.3 Å². The van der Waals surface area contributed by atoms with E-state index >= 15 is 0 Å². The summed E-state index contributed by atoms with van der Waals surface area (Å²) in [5.74, 6) is -2.25. The fraction of sp³-hybridized carbons (Fsp3) is 0.182. The van der Waals surface area contributed by atoms with E-state index in [1.54, 1.807) is 6.92 Å². The van der Waals surface area contributed by atoms with Crippen molar-refractivity contribution in [3.8, 4) is 0 Å². The zero-order valence-electron chi connectivity index (χ0n) is 9.62. The molecule has 0 aliphatic heterocycles. The van der Waals surface area contributed by atoms with E-state index in [1.807, 2.05) is 0 Å². The number of aryl methyl sites for hydroxylation is 1. The zero-order valence-corrected chi connectivity index (χ0v) is 10.4. The largest absolute Gasteiger partial charge is 0.392 e. The van der Waals surface area contributed by atoms with Gasteiger partial charge in [0.25, 0.3) is 0 Å². The van der Waals surface area contributed by atoms with Crippen molar-refractivity contribution in [2.24, 2.45) is 5.73 Å². The van der Waals surface area contributed by atoms with E-state index in [4.69, 9.17) is 5.73 Å². The second-order valence-corrected chi connectivity index (χ2v) is 4.09. The second kappa shape index (κ2) is 6.06. The third-order valence-electron chi connectivity index (χ3n) is 2.06. The maximum atomic E-state index is 13.2. The predicted octanol–water partition coefficient (Wildman–Crippen LogP) is 0.475. The van der Waals surface area contributed by atoms with Crippen LogP contribution in [-0.4, -0.2) is 23.3 Å². The standard InChI is InChI=1S/C11H12FN3O2S/c1-6-2-3-7(4-8(6)12)15-11(17)10(16)14-5-9(13)18/h2-4H,5H2,1H3,(H2,13,18)(H,14,16)(H,15,17). The number of anilines is 1. The summed E-state index contributed by atoms with van der Waals surface area (Å²) in [5.41, 5.74) is 5.82. The number of rotatable bonds is 3. The molecule has 0 fully saturated rings. The topological polar surface area (TPSA) is 84.2 Å². The Morgan fingerprint density at radius 3 is 2.61 bits per heavy atom. The van der Waals surface area contributed by atoms with Gasteiger partial charge in [0.15, 0.2) is 0 Å². The molecule has 2 amide bonds. The third kappa shape index (κ3) is 4.10. The van der Waals surface area contributed by atoms with Crippen LogP contribution < -0.4 is 16.4 Å². The number of amides is 2. The van der Waals surface area contributed by atoms with Gasteiger partial charge in [0, 0.05) is 5.69 Å². The monoisotopic (exact) mass is 269 g/mol. The molecular weight excluding hydrogens is 257 g/mol. The molecule has 0 aromatic heterocycles. The lowest BCUT2D eigenvalue weighted by Crippen LogP contribution is -2.39. The Balaban J connectivity index is 2.61. The van der Waals surface area contributed by atoms with Gasteiger partial charge in [-0.3, -0.25) is 9.59 Å². The highest BCUT2D eigenvalue weighted by atomic mass is 32.1. The smallest absolute Gasteiger partial charge is 0.313 e. The highest BCUT2D eigenvalue weighted by Gasteiger charge is 2.13. The number of thiocarbonyl (C=S) groups is 1. The Hall–Kier alpha value is -2.02. The molecule has 0 atom stereocenters. The first kappa shape index (κ1) is 14.0. The maximum Gasteiger partial charge on any atom is 0.313 e. The molecule has 0 aliphatic rings. The summed E-state index contributed by atoms with van der Waals surface area (Å²) in [6, 6.07) is 4.13. The predicted molar refractivity (Wildman–Crippen MR) is 69.6 cm³/mol. The minimum atomic E-state index is -0.908. The highest BCUT2D eigenvalue weighted by molar-refractivity contribution is 7.80. The van der Waals surface area contributed by atoms with E-state index in [9.17, 15) is 14.0 Å². The average molecular weight is 269 g/mol. The van der Waals surface area contributed by atoms with Crippen LogP contribution in [0.2, 0.25) is 0 Å². The number of nitrogens with two attached hydrogens (primary N) is 1. The molecule has 1 aromatic rings. The summed E-state index contributed by atoms with van der Waals surface area (Å²) in [7, 11) is 0. The molecule has 0 radical (unpaired) electrons. The molecule has 1 rings (SSSR count). The van der Waals surface area contributed by atoms with Gasteiger partial charge in [-0.05, 0) is 24.6 Å². The summed E-state index contributed by atoms with van der Waals surface area (Å²) in [4.78, 5) is 22.7. The lowest BCUT2D eigenvalue weighted by Gasteiger charge is -2.06. The van der Waals surface area contributed by atoms with E-state index in [0.29, 0.717) is 5.56 Å². The Kier molecular flexibility index (Phi) is 4.73. The van der Waals surface area contributed by atoms with E-state index in [0.717, 1.165) is 6.07 Å². The number of hydrogen-bond acceptors (Lipinski definition) is 3. The molecule has 0 bridgehead atoms. The summed E-state index contributed by atoms with van der Waals surface area (Å²) in [5, 5.41) is 4.48. The Bertz CT molecular complexity index is 505. The average Bonchev–Trinajstić information content (AvgIpc) is 2.30. The van der Waals surface area contributed by atoms with Crippen LogP contribution in [0.4, 0.5) is 10.1 Å². The second-order valence-electron chi connectivity index (χ2n) is 3.57. The fourth-order valence-electron chi connectivity index (χ4n) is 1.11. The summed E-state index contributed by atoms with van der Waals surface area (Å²) >= 11 is 4.54. The van der Waals surface area contributed by atoms with Gasteiger partial charge in [-0.15, -0.1) is 0 Å². The number of hydrogen-bond donors (Lipinski definition) is 3. The Morgan fingerprint density at radius 1 is 1.39 bits per heavy atom. The Morgan fingerprint density at radius 2 is 2.06 bits per heavy atom. The SMILES string of the molecule is Cc1ccc(NC(=O)C(=O)NCC(N)=S)cc1F. The summed E-state index contributed by atoms with van der Waals surface area (Å²) in [6.07, 6.45) is 0. The molecule has 5 nitrogen and oxygen atoms in total. The number of nitrogens with one attached hydrogen (secondary N) is 2. The van der Waals surface area contributed by atoms with Crippen LogP contribution in [0, 0.1) is 12.7 Å². The molecule has 0 saturated heterocycles. The molecule has 1 aromatic carbocycles. The minimum absolute atomic E-state index is 0.0656. The number of carbonyl (C=O) groups excluding carboxylic acids is 2. The van der Waals surface area contributed by atoms with Gasteiger partial charge in [0.2, 0.25) is 0 Å². The van der Waals surface area contributed by atoms with Crippen molar-refractivity contribution in [3.05, 3.63) is 29.6 Å². The molecule has 18 heavy (non-hydrogen) atoms. The lowest BCUT2D eigenvalue weighted by molar-refractivity contribution is -0.135. The Labute approximate surface area is 109 Å². The maximum absolute atomic E-state index is 13.2. The van der Waals surface area contributed by atoms with Gasteiger partial charge in [-0.25, -0.2) is 4.39 Å². The van der Waals surface area contributed by atoms with Crippen molar-refractivity contribution in [2.75, 3.05) is 11.9 Å². The van der Waals surface area contributed by atoms with Crippen LogP contribution in [0.15, 0.2) is 18.2 Å². The molecule has 0 unspecified atom stereocenters. The first-order chi connectivity index (χ1) is 8.40. The summed E-state index contributed by atoms with van der Waals surface area (Å²) in [6.45, 7) is 1.53. The van der Waals surface area contributed by atoms with Gasteiger partial charge in [0.1, 0.15) is 5.82 Å². The van der Waals surface area contributed by atoms with Gasteiger partial charge in [-0.2, -0.15) is 0 Å². The van der Waals surface area contributed by atoms with Gasteiger partial charge in [0.05, 0.1) is 11.5 Å². The highest BCUT2D eigenvalue weighted by Crippen LogP contribution is 2.13. The number of carbonyl (C=O) groups is 2. The van der Waals surface area contributed by atoms with Crippen LogP contribution in [-0.2, 0) is 9.59 Å². The van der Waals surface area contributed by atoms with Crippen molar-refractivity contribution in [1.82, 2.24) is 5.32 Å². The van der Waals surface area contributed by atoms with Gasteiger partial charge < -0.3 is 16.4 Å². The molecule has 4 N–H and O–H groups in total. The van der Waals surface area contributed by atoms with Crippen molar-refractivity contribution >= 4 is 34.7 Å². The molecule has 0 saturated carbocycles. The number of halogens is 1. The van der Waals surface area contributed by atoms with E-state index in [2.05, 4.69) is 22.9 Å². The first-order valence-corrected chi connectivity index (χ1v) is 5.44. The van der Waals surface area contributed by atoms with Crippen LogP contribution >= 0.6 is 12.2 Å². The van der Waals surface area contributed by atoms with Crippen LogP contribution in [0.5, 0.6) is 0 Å². The normalized spacial score (nSPS) is 9.67. The van der Waals surface area contributed by atoms with E-state index in [1.165, 1.54) is 12.1 Å². The minimum Gasteiger partial charge on any atom is -0.392 e. The van der Waals surface area contributed by atoms with Crippen molar-refractivity contribution in [2.45, 2.75) is 6.92 Å². The molecule has 0 heterocycles. The van der Waals surface area contributed by atoms with Crippen molar-refractivity contribution in [1.29, 1.82) is 0 Å². The number of benzene rings is 1. The van der Waals surface area contributed by atoms with E-state index in [-0.39, 0.29) is 17.2 Å². The quantitative estimate of drug-likeness (QED) is 0.550. The van der Waals surface area contributed by atoms with Crippen molar-refractivity contribution in [3.63, 3.8) is 0 Å². The molecule has 7 heteroatoms. The van der Waals surface area contributed by atoms with Crippen LogP contribution in [0.25, 0.3) is 0 Å². The fourth-order valence-corrected chi connectivity index (χ4v) is 1.18.